The summed E-state index contributed by atoms with van der Waals surface area (Å²) in [6.45, 7) is 5.61. The van der Waals surface area contributed by atoms with Crippen molar-refractivity contribution in [3.05, 3.63) is 40.9 Å². The molecule has 1 aromatic carbocycles. The summed E-state index contributed by atoms with van der Waals surface area (Å²) in [6, 6.07) is 9.73. The number of urea groups is 1. The minimum Gasteiger partial charge on any atom is -0.324 e. The Kier molecular flexibility index (Phi) is 4.99. The third kappa shape index (κ3) is 3.51. The molecule has 2 aromatic rings. The number of para-hydroxylation sites is 1. The Bertz CT molecular complexity index is 752. The van der Waals surface area contributed by atoms with Gasteiger partial charge in [0.15, 0.2) is 4.77 Å². The summed E-state index contributed by atoms with van der Waals surface area (Å²) in [4.78, 5) is 14.4. The summed E-state index contributed by atoms with van der Waals surface area (Å²) in [7, 11) is 0. The molecule has 1 aromatic heterocycles. The lowest BCUT2D eigenvalue weighted by atomic mass is 9.97. The van der Waals surface area contributed by atoms with Crippen LogP contribution in [-0.4, -0.2) is 38.8 Å². The lowest BCUT2D eigenvalue weighted by Crippen LogP contribution is -2.42. The van der Waals surface area contributed by atoms with Crippen molar-refractivity contribution in [1.82, 2.24) is 19.7 Å². The van der Waals surface area contributed by atoms with E-state index in [4.69, 9.17) is 12.2 Å². The fraction of sp³-hybridized carbons (Fsp3) is 0.471. The molecular formula is C17H23N5OS. The van der Waals surface area contributed by atoms with Gasteiger partial charge in [0.05, 0.1) is 0 Å². The van der Waals surface area contributed by atoms with E-state index in [-0.39, 0.29) is 18.0 Å². The van der Waals surface area contributed by atoms with Crippen molar-refractivity contribution in [3.63, 3.8) is 0 Å². The monoisotopic (exact) mass is 345 g/mol. The van der Waals surface area contributed by atoms with Crippen molar-refractivity contribution < 1.29 is 4.79 Å². The fourth-order valence-corrected chi connectivity index (χ4v) is 3.55. The van der Waals surface area contributed by atoms with E-state index in [9.17, 15) is 4.79 Å². The number of likely N-dealkylation sites (tertiary alicyclic amines) is 1. The molecule has 0 radical (unpaired) electrons. The van der Waals surface area contributed by atoms with Crippen LogP contribution in [0.25, 0.3) is 0 Å². The minimum absolute atomic E-state index is 0.0591. The third-order valence-corrected chi connectivity index (χ3v) is 4.63. The average Bonchev–Trinajstić information content (AvgIpc) is 2.98. The van der Waals surface area contributed by atoms with E-state index in [1.807, 2.05) is 35.2 Å². The fourth-order valence-electron chi connectivity index (χ4n) is 3.20. The number of hydrogen-bond donors (Lipinski definition) is 2. The zero-order chi connectivity index (χ0) is 17.1. The first kappa shape index (κ1) is 16.7. The number of aromatic nitrogens is 3. The molecule has 0 bridgehead atoms. The lowest BCUT2D eigenvalue weighted by molar-refractivity contribution is 0.190. The van der Waals surface area contributed by atoms with Gasteiger partial charge >= 0.3 is 6.03 Å². The predicted octanol–water partition coefficient (Wildman–Crippen LogP) is 3.93. The van der Waals surface area contributed by atoms with Crippen LogP contribution < -0.4 is 5.32 Å². The van der Waals surface area contributed by atoms with Crippen LogP contribution in [0.3, 0.4) is 0 Å². The van der Waals surface area contributed by atoms with Crippen molar-refractivity contribution in [2.24, 2.45) is 0 Å². The highest BCUT2D eigenvalue weighted by Crippen LogP contribution is 2.27. The second-order valence-electron chi connectivity index (χ2n) is 6.43. The SMILES string of the molecule is CC(C)n1c(C2CCCN(C(=O)Nc3ccccc3)C2)n[nH]c1=S. The predicted molar refractivity (Wildman–Crippen MR) is 96.8 cm³/mol. The quantitative estimate of drug-likeness (QED) is 0.828. The van der Waals surface area contributed by atoms with Crippen LogP contribution in [0.15, 0.2) is 30.3 Å². The smallest absolute Gasteiger partial charge is 0.321 e. The molecule has 128 valence electrons. The van der Waals surface area contributed by atoms with Gasteiger partial charge in [-0.15, -0.1) is 0 Å². The van der Waals surface area contributed by atoms with Gasteiger partial charge in [0.2, 0.25) is 0 Å². The molecule has 0 spiro atoms. The van der Waals surface area contributed by atoms with E-state index < -0.39 is 0 Å². The molecule has 1 aliphatic heterocycles. The Morgan fingerprint density at radius 2 is 2.12 bits per heavy atom. The Morgan fingerprint density at radius 3 is 2.83 bits per heavy atom. The number of carbonyl (C=O) groups excluding carboxylic acids is 1. The van der Waals surface area contributed by atoms with Gasteiger partial charge < -0.3 is 14.8 Å². The van der Waals surface area contributed by atoms with E-state index in [0.717, 1.165) is 30.9 Å². The van der Waals surface area contributed by atoms with E-state index in [1.54, 1.807) is 0 Å². The number of hydrogen-bond acceptors (Lipinski definition) is 3. The van der Waals surface area contributed by atoms with Crippen molar-refractivity contribution >= 4 is 23.9 Å². The van der Waals surface area contributed by atoms with Crippen LogP contribution in [0.2, 0.25) is 0 Å². The highest BCUT2D eigenvalue weighted by Gasteiger charge is 2.28. The largest absolute Gasteiger partial charge is 0.324 e. The molecule has 0 aliphatic carbocycles. The number of rotatable bonds is 3. The molecule has 6 nitrogen and oxygen atoms in total. The number of nitrogens with zero attached hydrogens (tertiary/aromatic N) is 3. The molecule has 3 rings (SSSR count). The number of carbonyl (C=O) groups is 1. The Balaban J connectivity index is 1.73. The molecule has 0 saturated carbocycles. The van der Waals surface area contributed by atoms with Crippen LogP contribution in [0.4, 0.5) is 10.5 Å². The molecule has 1 saturated heterocycles. The van der Waals surface area contributed by atoms with Gasteiger partial charge in [0.25, 0.3) is 0 Å². The minimum atomic E-state index is -0.0591. The second-order valence-corrected chi connectivity index (χ2v) is 6.82. The van der Waals surface area contributed by atoms with E-state index in [2.05, 4.69) is 33.9 Å². The van der Waals surface area contributed by atoms with Crippen LogP contribution in [0.5, 0.6) is 0 Å². The first-order chi connectivity index (χ1) is 11.6. The molecule has 1 atom stereocenters. The maximum atomic E-state index is 12.5. The number of H-pyrrole nitrogens is 1. The van der Waals surface area contributed by atoms with Crippen molar-refractivity contribution in [1.29, 1.82) is 0 Å². The Labute approximate surface area is 146 Å². The second kappa shape index (κ2) is 7.17. The maximum Gasteiger partial charge on any atom is 0.321 e. The molecular weight excluding hydrogens is 322 g/mol. The number of amides is 2. The van der Waals surface area contributed by atoms with Gasteiger partial charge in [0, 0.05) is 30.7 Å². The van der Waals surface area contributed by atoms with Crippen molar-refractivity contribution in [2.75, 3.05) is 18.4 Å². The van der Waals surface area contributed by atoms with Crippen molar-refractivity contribution in [2.45, 2.75) is 38.6 Å². The van der Waals surface area contributed by atoms with Gasteiger partial charge in [-0.25, -0.2) is 4.79 Å². The number of nitrogens with one attached hydrogen (secondary N) is 2. The van der Waals surface area contributed by atoms with Gasteiger partial charge in [0.1, 0.15) is 5.82 Å². The summed E-state index contributed by atoms with van der Waals surface area (Å²) in [5.74, 6) is 1.16. The average molecular weight is 345 g/mol. The molecule has 24 heavy (non-hydrogen) atoms. The molecule has 1 fully saturated rings. The van der Waals surface area contributed by atoms with Gasteiger partial charge in [-0.3, -0.25) is 5.10 Å². The molecule has 1 unspecified atom stereocenters. The van der Waals surface area contributed by atoms with E-state index >= 15 is 0 Å². The zero-order valence-electron chi connectivity index (χ0n) is 14.0. The summed E-state index contributed by atoms with van der Waals surface area (Å²) in [5.41, 5.74) is 0.814. The topological polar surface area (TPSA) is 66.0 Å². The summed E-state index contributed by atoms with van der Waals surface area (Å²) in [6.07, 6.45) is 1.98. The number of aromatic amines is 1. The van der Waals surface area contributed by atoms with Crippen LogP contribution >= 0.6 is 12.2 Å². The van der Waals surface area contributed by atoms with E-state index in [1.165, 1.54) is 0 Å². The van der Waals surface area contributed by atoms with Crippen LogP contribution in [0.1, 0.15) is 44.5 Å². The summed E-state index contributed by atoms with van der Waals surface area (Å²) in [5, 5.41) is 10.3. The molecule has 1 aliphatic rings. The van der Waals surface area contributed by atoms with Crippen LogP contribution in [0, 0.1) is 4.77 Å². The first-order valence-corrected chi connectivity index (χ1v) is 8.75. The van der Waals surface area contributed by atoms with Gasteiger partial charge in [-0.1, -0.05) is 18.2 Å². The third-order valence-electron chi connectivity index (χ3n) is 4.35. The summed E-state index contributed by atoms with van der Waals surface area (Å²) < 4.78 is 2.70. The lowest BCUT2D eigenvalue weighted by Gasteiger charge is -2.32. The number of benzene rings is 1. The molecule has 7 heteroatoms. The summed E-state index contributed by atoms with van der Waals surface area (Å²) >= 11 is 5.34. The maximum absolute atomic E-state index is 12.5. The highest BCUT2D eigenvalue weighted by atomic mass is 32.1. The Hall–Kier alpha value is -2.15. The Morgan fingerprint density at radius 1 is 1.38 bits per heavy atom. The molecule has 2 amide bonds. The number of anilines is 1. The zero-order valence-corrected chi connectivity index (χ0v) is 14.8. The van der Waals surface area contributed by atoms with E-state index in [0.29, 0.717) is 11.3 Å². The van der Waals surface area contributed by atoms with Gasteiger partial charge in [-0.05, 0) is 51.0 Å². The van der Waals surface area contributed by atoms with Gasteiger partial charge in [-0.2, -0.15) is 5.10 Å². The highest BCUT2D eigenvalue weighted by molar-refractivity contribution is 7.71. The normalized spacial score (nSPS) is 18.0. The number of piperidine rings is 1. The standard InChI is InChI=1S/C17H23N5OS/c1-12(2)22-15(19-20-17(22)24)13-7-6-10-21(11-13)16(23)18-14-8-4-3-5-9-14/h3-5,8-9,12-13H,6-7,10-11H2,1-2H3,(H,18,23)(H,20,24). The first-order valence-electron chi connectivity index (χ1n) is 8.34. The molecule has 2 N–H and O–H groups in total. The molecule has 2 heterocycles. The van der Waals surface area contributed by atoms with Crippen LogP contribution in [-0.2, 0) is 0 Å². The van der Waals surface area contributed by atoms with Crippen molar-refractivity contribution in [3.8, 4) is 0 Å².